The molecule has 15 atom stereocenters. The zero-order valence-corrected chi connectivity index (χ0v) is 20.8. The summed E-state index contributed by atoms with van der Waals surface area (Å²) >= 11 is 0. The van der Waals surface area contributed by atoms with E-state index in [9.17, 15) is 35.7 Å². The van der Waals surface area contributed by atoms with Gasteiger partial charge in [0.25, 0.3) is 0 Å². The van der Waals surface area contributed by atoms with Crippen LogP contribution in [0.4, 0.5) is 0 Å². The Morgan fingerprint density at radius 2 is 1.16 bits per heavy atom. The summed E-state index contributed by atoms with van der Waals surface area (Å²) in [7, 11) is -4.67. The molecule has 1 aliphatic carbocycles. The van der Waals surface area contributed by atoms with Gasteiger partial charge < -0.3 is 77.6 Å². The van der Waals surface area contributed by atoms with Gasteiger partial charge in [-0.3, -0.25) is 9.11 Å². The highest BCUT2D eigenvalue weighted by Crippen LogP contribution is 2.31. The Hall–Kier alpha value is -0.730. The van der Waals surface area contributed by atoms with Gasteiger partial charge in [0, 0.05) is 18.6 Å². The maximum absolute atomic E-state index is 10.9. The Kier molecular flexibility index (Phi) is 12.1. The van der Waals surface area contributed by atoms with Crippen LogP contribution < -0.4 is 22.9 Å². The second-order valence-electron chi connectivity index (χ2n) is 9.24. The molecule has 0 aromatic heterocycles. The van der Waals surface area contributed by atoms with Gasteiger partial charge in [0.05, 0.1) is 12.6 Å². The van der Waals surface area contributed by atoms with Crippen LogP contribution >= 0.6 is 0 Å². The molecule has 226 valence electrons. The smallest absolute Gasteiger partial charge is 0.394 e. The van der Waals surface area contributed by atoms with Crippen molar-refractivity contribution in [2.75, 3.05) is 13.2 Å². The quantitative estimate of drug-likeness (QED) is 0.129. The van der Waals surface area contributed by atoms with Crippen LogP contribution in [0, 0.1) is 0 Å². The fourth-order valence-corrected chi connectivity index (χ4v) is 4.40. The SMILES string of the molecule is NC[C@@H]1O[C@@H](O[C@H]2[C@@H](O)[C@H](O[C@@H]3O[C@@H](CO)[C@H](O)[C@@H](N)[C@@H]3O)[C@@H](N)C[C@H]2N)[C@@H](O)[C@H](O)[C@H]1O.O=S(=O)(O)O. The van der Waals surface area contributed by atoms with Gasteiger partial charge in [-0.15, -0.1) is 0 Å². The van der Waals surface area contributed by atoms with Crippen molar-refractivity contribution in [2.45, 2.75) is 98.2 Å². The number of hydrogen-bond acceptors (Lipinski definition) is 17. The molecule has 19 nitrogen and oxygen atoms in total. The largest absolute Gasteiger partial charge is 0.394 e. The zero-order valence-electron chi connectivity index (χ0n) is 20.0. The molecule has 3 aliphatic rings. The number of nitrogens with two attached hydrogens (primary N) is 4. The average Bonchev–Trinajstić information content (AvgIpc) is 2.83. The van der Waals surface area contributed by atoms with E-state index in [1.165, 1.54) is 0 Å². The Morgan fingerprint density at radius 3 is 1.61 bits per heavy atom. The van der Waals surface area contributed by atoms with Crippen LogP contribution in [-0.4, -0.2) is 158 Å². The first-order valence-electron chi connectivity index (χ1n) is 11.5. The van der Waals surface area contributed by atoms with Crippen molar-refractivity contribution in [3.8, 4) is 0 Å². The Labute approximate surface area is 217 Å². The normalized spacial score (nSPS) is 48.2. The predicted molar refractivity (Wildman–Crippen MR) is 122 cm³/mol. The molecule has 2 heterocycles. The molecule has 0 unspecified atom stereocenters. The molecule has 3 rings (SSSR count). The van der Waals surface area contributed by atoms with Gasteiger partial charge in [0.1, 0.15) is 61.0 Å². The van der Waals surface area contributed by atoms with Crippen LogP contribution in [0.25, 0.3) is 0 Å². The average molecular weight is 583 g/mol. The summed E-state index contributed by atoms with van der Waals surface area (Å²) in [6.07, 6.45) is -16.5. The van der Waals surface area contributed by atoms with E-state index in [2.05, 4.69) is 0 Å². The van der Waals surface area contributed by atoms with Crippen molar-refractivity contribution >= 4 is 10.4 Å². The standard InChI is InChI=1S/C18H36N4O11.H2O4S/c19-2-6-10(25)12(27)13(28)18(30-6)33-16-5(21)1-4(20)15(14(16)29)32-17-11(26)8(22)9(24)7(3-23)31-17;1-5(2,3)4/h4-18,23-29H,1-3,19-22H2;(H2,1,2,3,4)/t4-,5+,6-,7-,8+,9-,10-,11-,12+,13-,14-,15+,16+,17-,18-;/m0./s1. The number of rotatable bonds is 6. The molecule has 0 aromatic carbocycles. The molecule has 0 radical (unpaired) electrons. The van der Waals surface area contributed by atoms with E-state index in [4.69, 9.17) is 59.4 Å². The summed E-state index contributed by atoms with van der Waals surface area (Å²) in [5.74, 6) is 0. The number of ether oxygens (including phenoxy) is 4. The van der Waals surface area contributed by atoms with Gasteiger partial charge in [0.15, 0.2) is 12.6 Å². The molecule has 2 saturated heterocycles. The Bertz CT molecular complexity index is 783. The summed E-state index contributed by atoms with van der Waals surface area (Å²) in [6.45, 7) is -0.763. The molecule has 0 amide bonds. The molecule has 20 heteroatoms. The van der Waals surface area contributed by atoms with E-state index >= 15 is 0 Å². The topological polar surface area (TPSA) is 357 Å². The second-order valence-corrected chi connectivity index (χ2v) is 10.1. The van der Waals surface area contributed by atoms with Crippen LogP contribution in [0.3, 0.4) is 0 Å². The first-order valence-corrected chi connectivity index (χ1v) is 12.9. The maximum Gasteiger partial charge on any atom is 0.394 e. The molecule has 0 aromatic rings. The van der Waals surface area contributed by atoms with Crippen molar-refractivity contribution < 1.29 is 72.2 Å². The minimum absolute atomic E-state index is 0.0849. The van der Waals surface area contributed by atoms with E-state index in [0.29, 0.717) is 0 Å². The number of aliphatic hydroxyl groups excluding tert-OH is 7. The van der Waals surface area contributed by atoms with Crippen LogP contribution in [-0.2, 0) is 29.3 Å². The highest BCUT2D eigenvalue weighted by Gasteiger charge is 2.51. The third-order valence-electron chi connectivity index (χ3n) is 6.48. The van der Waals surface area contributed by atoms with Crippen molar-refractivity contribution in [3.63, 3.8) is 0 Å². The van der Waals surface area contributed by atoms with E-state index in [0.717, 1.165) is 0 Å². The first-order chi connectivity index (χ1) is 17.5. The minimum Gasteiger partial charge on any atom is -0.394 e. The van der Waals surface area contributed by atoms with Crippen molar-refractivity contribution in [2.24, 2.45) is 22.9 Å². The number of aliphatic hydroxyl groups is 7. The van der Waals surface area contributed by atoms with Gasteiger partial charge in [-0.1, -0.05) is 0 Å². The molecular formula is C18H38N4O15S. The van der Waals surface area contributed by atoms with Gasteiger partial charge in [-0.25, -0.2) is 0 Å². The molecule has 2 aliphatic heterocycles. The van der Waals surface area contributed by atoms with Crippen molar-refractivity contribution in [3.05, 3.63) is 0 Å². The first kappa shape index (κ1) is 33.5. The van der Waals surface area contributed by atoms with E-state index < -0.39 is 109 Å². The highest BCUT2D eigenvalue weighted by molar-refractivity contribution is 7.79. The zero-order chi connectivity index (χ0) is 29.1. The van der Waals surface area contributed by atoms with E-state index in [1.54, 1.807) is 0 Å². The lowest BCUT2D eigenvalue weighted by atomic mass is 9.84. The van der Waals surface area contributed by atoms with Gasteiger partial charge in [0.2, 0.25) is 0 Å². The number of hydrogen-bond donors (Lipinski definition) is 13. The Morgan fingerprint density at radius 1 is 0.711 bits per heavy atom. The fourth-order valence-electron chi connectivity index (χ4n) is 4.40. The van der Waals surface area contributed by atoms with Gasteiger partial charge in [-0.05, 0) is 6.42 Å². The molecule has 0 spiro atoms. The van der Waals surface area contributed by atoms with Crippen LogP contribution in [0.1, 0.15) is 6.42 Å². The molecule has 38 heavy (non-hydrogen) atoms. The molecule has 17 N–H and O–H groups in total. The monoisotopic (exact) mass is 582 g/mol. The predicted octanol–water partition coefficient (Wildman–Crippen LogP) is -7.94. The molecule has 3 fully saturated rings. The molecule has 0 bridgehead atoms. The lowest BCUT2D eigenvalue weighted by Gasteiger charge is -2.48. The molecular weight excluding hydrogens is 544 g/mol. The van der Waals surface area contributed by atoms with Crippen molar-refractivity contribution in [1.29, 1.82) is 0 Å². The van der Waals surface area contributed by atoms with Crippen LogP contribution in [0.5, 0.6) is 0 Å². The van der Waals surface area contributed by atoms with Crippen molar-refractivity contribution in [1.82, 2.24) is 0 Å². The lowest BCUT2D eigenvalue weighted by Crippen LogP contribution is -2.68. The van der Waals surface area contributed by atoms with E-state index in [1.807, 2.05) is 0 Å². The van der Waals surface area contributed by atoms with Gasteiger partial charge >= 0.3 is 10.4 Å². The lowest BCUT2D eigenvalue weighted by molar-refractivity contribution is -0.332. The highest BCUT2D eigenvalue weighted by atomic mass is 32.3. The fraction of sp³-hybridized carbons (Fsp3) is 1.00. The van der Waals surface area contributed by atoms with Crippen LogP contribution in [0.15, 0.2) is 0 Å². The second kappa shape index (κ2) is 13.8. The van der Waals surface area contributed by atoms with Gasteiger partial charge in [-0.2, -0.15) is 8.42 Å². The Balaban J connectivity index is 0.000000926. The summed E-state index contributed by atoms with van der Waals surface area (Å²) in [4.78, 5) is 0. The maximum atomic E-state index is 10.9. The molecule has 1 saturated carbocycles. The third-order valence-corrected chi connectivity index (χ3v) is 6.48. The third kappa shape index (κ3) is 8.15. The summed E-state index contributed by atoms with van der Waals surface area (Å²) < 4.78 is 53.8. The summed E-state index contributed by atoms with van der Waals surface area (Å²) in [6, 6.07) is -2.86. The van der Waals surface area contributed by atoms with E-state index in [-0.39, 0.29) is 13.0 Å². The summed E-state index contributed by atoms with van der Waals surface area (Å²) in [5, 5.41) is 70.9. The summed E-state index contributed by atoms with van der Waals surface area (Å²) in [5.41, 5.74) is 23.5. The minimum atomic E-state index is -4.67. The van der Waals surface area contributed by atoms with Crippen LogP contribution in [0.2, 0.25) is 0 Å².